The summed E-state index contributed by atoms with van der Waals surface area (Å²) in [5, 5.41) is 4.50. The number of hydrogen-bond acceptors (Lipinski definition) is 7. The molecule has 3 aromatic heterocycles. The van der Waals surface area contributed by atoms with Crippen molar-refractivity contribution in [2.24, 2.45) is 0 Å². The molecule has 1 fully saturated rings. The van der Waals surface area contributed by atoms with Crippen molar-refractivity contribution in [1.29, 1.82) is 0 Å². The fourth-order valence-electron chi connectivity index (χ4n) is 3.95. The molecule has 9 nitrogen and oxygen atoms in total. The lowest BCUT2D eigenvalue weighted by Gasteiger charge is -2.32. The highest BCUT2D eigenvalue weighted by molar-refractivity contribution is 7.89. The average Bonchev–Trinajstić information content (AvgIpc) is 3.38. The highest BCUT2D eigenvalue weighted by Gasteiger charge is 2.35. The molecule has 1 saturated heterocycles. The zero-order valence-electron chi connectivity index (χ0n) is 17.9. The van der Waals surface area contributed by atoms with E-state index in [4.69, 9.17) is 36.4 Å². The minimum absolute atomic E-state index is 0.0576. The summed E-state index contributed by atoms with van der Waals surface area (Å²) in [6.45, 7) is 3.83. The lowest BCUT2D eigenvalue weighted by Crippen LogP contribution is -2.44. The van der Waals surface area contributed by atoms with E-state index in [2.05, 4.69) is 15.1 Å². The first-order valence-corrected chi connectivity index (χ1v) is 11.9. The molecule has 32 heavy (non-hydrogen) atoms. The van der Waals surface area contributed by atoms with Gasteiger partial charge in [-0.15, -0.1) is 0 Å². The molecule has 4 heterocycles. The number of aryl methyl sites for hydroxylation is 1. The van der Waals surface area contributed by atoms with Crippen LogP contribution in [0.1, 0.15) is 30.2 Å². The number of aromatic nitrogens is 4. The molecule has 1 aliphatic rings. The highest BCUT2D eigenvalue weighted by Crippen LogP contribution is 2.33. The van der Waals surface area contributed by atoms with Crippen molar-refractivity contribution in [3.63, 3.8) is 0 Å². The summed E-state index contributed by atoms with van der Waals surface area (Å²) in [6.07, 6.45) is 2.30. The van der Waals surface area contributed by atoms with E-state index in [0.29, 0.717) is 48.1 Å². The largest absolute Gasteiger partial charge is 0.447 e. The summed E-state index contributed by atoms with van der Waals surface area (Å²) in [5.41, 5.74) is 2.18. The molecular formula is C17H19B4ClN5O4S. The van der Waals surface area contributed by atoms with Crippen LogP contribution in [0.25, 0.3) is 5.65 Å². The summed E-state index contributed by atoms with van der Waals surface area (Å²) in [5.74, 6) is 0.242. The van der Waals surface area contributed by atoms with E-state index in [1.165, 1.54) is 10.5 Å². The van der Waals surface area contributed by atoms with Gasteiger partial charge in [-0.3, -0.25) is 0 Å². The van der Waals surface area contributed by atoms with Crippen LogP contribution < -0.4 is 16.8 Å². The fraction of sp³-hybridized carbons (Fsp3) is 0.471. The van der Waals surface area contributed by atoms with Crippen LogP contribution in [0, 0.1) is 6.92 Å². The van der Waals surface area contributed by atoms with Crippen LogP contribution in [-0.4, -0.2) is 82.2 Å². The monoisotopic (exact) mass is 468 g/mol. The van der Waals surface area contributed by atoms with Crippen molar-refractivity contribution in [3.8, 4) is 0 Å². The van der Waals surface area contributed by atoms with E-state index in [1.54, 1.807) is 18.5 Å². The standard InChI is InChI=1S/C17H19B4ClN5O4S/c1-9-23-8-11(31-9)32(28,29)26-6-4-10(5-7-26)12-14(22)13(18)16-24-17(19)25-27(16)15(12)20-21(2)30-3/h8,10H,4-7H2,1-3H3. The summed E-state index contributed by atoms with van der Waals surface area (Å²) in [4.78, 5) is 8.08. The Bertz CT molecular complexity index is 1260. The minimum atomic E-state index is -3.75. The third kappa shape index (κ3) is 4.13. The second-order valence-corrected chi connectivity index (χ2v) is 9.96. The lowest BCUT2D eigenvalue weighted by atomic mass is 9.32. The molecule has 1 aliphatic heterocycles. The number of hydrogen-bond donors (Lipinski definition) is 0. The van der Waals surface area contributed by atoms with Crippen molar-refractivity contribution in [3.05, 3.63) is 22.7 Å². The van der Waals surface area contributed by atoms with Crippen molar-refractivity contribution in [1.82, 2.24) is 23.9 Å². The Morgan fingerprint density at radius 2 is 2.03 bits per heavy atom. The third-order valence-electron chi connectivity index (χ3n) is 5.66. The van der Waals surface area contributed by atoms with E-state index >= 15 is 0 Å². The number of rotatable bonds is 6. The summed E-state index contributed by atoms with van der Waals surface area (Å²) >= 11 is 6.71. The zero-order valence-corrected chi connectivity index (χ0v) is 19.5. The molecule has 0 saturated carbocycles. The first kappa shape index (κ1) is 23.4. The Morgan fingerprint density at radius 3 is 2.62 bits per heavy atom. The van der Waals surface area contributed by atoms with Gasteiger partial charge in [0.2, 0.25) is 0 Å². The number of sulfonamides is 1. The van der Waals surface area contributed by atoms with Crippen molar-refractivity contribution < 1.29 is 17.5 Å². The summed E-state index contributed by atoms with van der Waals surface area (Å²) in [6, 6.07) is 0. The van der Waals surface area contributed by atoms with E-state index in [0.717, 1.165) is 5.56 Å². The molecule has 0 aliphatic carbocycles. The molecule has 4 rings (SSSR count). The predicted octanol–water partition coefficient (Wildman–Crippen LogP) is -1.07. The van der Waals surface area contributed by atoms with E-state index in [9.17, 15) is 8.42 Å². The quantitative estimate of drug-likeness (QED) is 0.425. The molecule has 0 N–H and O–H groups in total. The molecule has 161 valence electrons. The topological polar surface area (TPSA) is 103 Å². The van der Waals surface area contributed by atoms with Gasteiger partial charge < -0.3 is 9.07 Å². The zero-order chi connectivity index (χ0) is 23.2. The Labute approximate surface area is 195 Å². The molecule has 5 radical (unpaired) electrons. The molecule has 0 amide bonds. The summed E-state index contributed by atoms with van der Waals surface area (Å²) < 4.78 is 39.4. The van der Waals surface area contributed by atoms with Gasteiger partial charge in [-0.2, -0.15) is 9.40 Å². The SMILES string of the molecule is [B]c1nc2c([B])c(Cl)c(C3CCN(S(=O)(=O)c4cnc(C)o4)CC3)c([B]B(C)OC)n2n1. The van der Waals surface area contributed by atoms with Gasteiger partial charge in [-0.1, -0.05) is 18.4 Å². The Kier molecular flexibility index (Phi) is 6.50. The van der Waals surface area contributed by atoms with Gasteiger partial charge in [0, 0.05) is 37.7 Å². The highest BCUT2D eigenvalue weighted by atomic mass is 35.5. The van der Waals surface area contributed by atoms with Gasteiger partial charge in [0.25, 0.3) is 21.9 Å². The molecule has 0 atom stereocenters. The Morgan fingerprint density at radius 1 is 1.34 bits per heavy atom. The second-order valence-electron chi connectivity index (χ2n) is 7.72. The smallest absolute Gasteiger partial charge is 0.278 e. The number of pyridine rings is 1. The van der Waals surface area contributed by atoms with E-state index < -0.39 is 10.0 Å². The van der Waals surface area contributed by atoms with Crippen LogP contribution >= 0.6 is 11.6 Å². The molecule has 0 spiro atoms. The van der Waals surface area contributed by atoms with Crippen LogP contribution in [0.2, 0.25) is 11.8 Å². The number of piperidine rings is 1. The van der Waals surface area contributed by atoms with Gasteiger partial charge in [0.15, 0.2) is 20.9 Å². The molecule has 15 heteroatoms. The maximum absolute atomic E-state index is 12.9. The Balaban J connectivity index is 1.68. The molecule has 0 bridgehead atoms. The number of fused-ring (bicyclic) bond motifs is 1. The first-order chi connectivity index (χ1) is 15.1. The van der Waals surface area contributed by atoms with Gasteiger partial charge in [0.1, 0.15) is 13.5 Å². The van der Waals surface area contributed by atoms with Crippen LogP contribution in [0.4, 0.5) is 0 Å². The van der Waals surface area contributed by atoms with Crippen molar-refractivity contribution in [2.75, 3.05) is 20.2 Å². The maximum Gasteiger partial charge on any atom is 0.278 e. The average molecular weight is 468 g/mol. The number of nitrogens with zero attached hydrogens (tertiary/aromatic N) is 5. The molecule has 0 aromatic carbocycles. The molecule has 0 unspecified atom stereocenters. The second kappa shape index (κ2) is 8.89. The van der Waals surface area contributed by atoms with Crippen LogP contribution in [0.3, 0.4) is 0 Å². The van der Waals surface area contributed by atoms with E-state index in [-0.39, 0.29) is 29.0 Å². The van der Waals surface area contributed by atoms with Crippen LogP contribution in [-0.2, 0) is 14.7 Å². The third-order valence-corrected chi connectivity index (χ3v) is 7.81. The van der Waals surface area contributed by atoms with Gasteiger partial charge >= 0.3 is 0 Å². The molecule has 3 aromatic rings. The van der Waals surface area contributed by atoms with Gasteiger partial charge in [-0.25, -0.2) is 22.9 Å². The van der Waals surface area contributed by atoms with Gasteiger partial charge in [0.05, 0.1) is 11.9 Å². The first-order valence-electron chi connectivity index (χ1n) is 10.1. The number of oxazole rings is 1. The van der Waals surface area contributed by atoms with Gasteiger partial charge in [-0.05, 0) is 29.8 Å². The van der Waals surface area contributed by atoms with Crippen molar-refractivity contribution in [2.45, 2.75) is 37.6 Å². The maximum atomic E-state index is 12.9. The van der Waals surface area contributed by atoms with Crippen LogP contribution in [0.5, 0.6) is 0 Å². The van der Waals surface area contributed by atoms with Crippen molar-refractivity contribution >= 4 is 73.7 Å². The lowest BCUT2D eigenvalue weighted by molar-refractivity contribution is 0.308. The van der Waals surface area contributed by atoms with E-state index in [1.807, 2.05) is 14.0 Å². The Hall–Kier alpha value is -1.75. The number of halogens is 1. The van der Waals surface area contributed by atoms with Crippen LogP contribution in [0.15, 0.2) is 15.7 Å². The normalized spacial score (nSPS) is 16.0. The molecular weight excluding hydrogens is 449 g/mol. The summed E-state index contributed by atoms with van der Waals surface area (Å²) in [7, 11) is 11.8. The minimum Gasteiger partial charge on any atom is -0.447 e. The fourth-order valence-corrected chi connectivity index (χ4v) is 5.65. The predicted molar refractivity (Wildman–Crippen MR) is 125 cm³/mol.